The fourth-order valence-corrected chi connectivity index (χ4v) is 3.44. The van der Waals surface area contributed by atoms with Crippen molar-refractivity contribution in [2.24, 2.45) is 5.92 Å². The SMILES string of the molecule is CC(C)c1ccccc1OCCOc1cccc(CN2CC(C(=O)O)CC2=O)c1. The molecule has 1 amide bonds. The van der Waals surface area contributed by atoms with Gasteiger partial charge in [0.15, 0.2) is 0 Å². The number of hydrogen-bond donors (Lipinski definition) is 1. The zero-order chi connectivity index (χ0) is 20.8. The summed E-state index contributed by atoms with van der Waals surface area (Å²) in [5.74, 6) is 0.300. The minimum atomic E-state index is -0.919. The predicted molar refractivity (Wildman–Crippen MR) is 109 cm³/mol. The smallest absolute Gasteiger partial charge is 0.308 e. The van der Waals surface area contributed by atoms with Crippen LogP contribution in [0.1, 0.15) is 37.3 Å². The Morgan fingerprint density at radius 1 is 1.14 bits per heavy atom. The van der Waals surface area contributed by atoms with Crippen LogP contribution in [0.3, 0.4) is 0 Å². The van der Waals surface area contributed by atoms with Crippen LogP contribution in [-0.4, -0.2) is 41.6 Å². The van der Waals surface area contributed by atoms with Gasteiger partial charge in [0, 0.05) is 19.5 Å². The van der Waals surface area contributed by atoms with Crippen LogP contribution < -0.4 is 9.47 Å². The van der Waals surface area contributed by atoms with Crippen LogP contribution in [0.4, 0.5) is 0 Å². The number of benzene rings is 2. The van der Waals surface area contributed by atoms with Crippen molar-refractivity contribution in [1.29, 1.82) is 0 Å². The van der Waals surface area contributed by atoms with Crippen molar-refractivity contribution in [3.8, 4) is 11.5 Å². The number of para-hydroxylation sites is 1. The van der Waals surface area contributed by atoms with Gasteiger partial charge < -0.3 is 19.5 Å². The van der Waals surface area contributed by atoms with Crippen molar-refractivity contribution in [2.75, 3.05) is 19.8 Å². The third-order valence-corrected chi connectivity index (χ3v) is 4.99. The van der Waals surface area contributed by atoms with E-state index in [0.717, 1.165) is 11.3 Å². The van der Waals surface area contributed by atoms with E-state index >= 15 is 0 Å². The van der Waals surface area contributed by atoms with E-state index in [-0.39, 0.29) is 18.9 Å². The lowest BCUT2D eigenvalue weighted by Crippen LogP contribution is -2.25. The lowest BCUT2D eigenvalue weighted by Gasteiger charge is -2.17. The van der Waals surface area contributed by atoms with Gasteiger partial charge in [0.05, 0.1) is 5.92 Å². The zero-order valence-electron chi connectivity index (χ0n) is 16.8. The summed E-state index contributed by atoms with van der Waals surface area (Å²) in [5, 5.41) is 9.10. The van der Waals surface area contributed by atoms with Gasteiger partial charge in [0.25, 0.3) is 0 Å². The van der Waals surface area contributed by atoms with E-state index in [1.54, 1.807) is 4.90 Å². The molecule has 154 valence electrons. The molecule has 6 nitrogen and oxygen atoms in total. The maximum atomic E-state index is 12.0. The summed E-state index contributed by atoms with van der Waals surface area (Å²) in [4.78, 5) is 24.7. The number of carbonyl (C=O) groups is 2. The molecule has 6 heteroatoms. The van der Waals surface area contributed by atoms with Crippen molar-refractivity contribution in [2.45, 2.75) is 32.7 Å². The van der Waals surface area contributed by atoms with E-state index in [0.29, 0.717) is 31.4 Å². The van der Waals surface area contributed by atoms with Gasteiger partial charge in [0.2, 0.25) is 5.91 Å². The van der Waals surface area contributed by atoms with Crippen LogP contribution in [-0.2, 0) is 16.1 Å². The number of carboxylic acid groups (broad SMARTS) is 1. The van der Waals surface area contributed by atoms with Gasteiger partial charge in [-0.25, -0.2) is 0 Å². The average molecular weight is 397 g/mol. The van der Waals surface area contributed by atoms with Crippen molar-refractivity contribution in [3.05, 3.63) is 59.7 Å². The highest BCUT2D eigenvalue weighted by Gasteiger charge is 2.34. The first kappa shape index (κ1) is 20.7. The first-order chi connectivity index (χ1) is 13.9. The average Bonchev–Trinajstić information content (AvgIpc) is 3.06. The van der Waals surface area contributed by atoms with Crippen LogP contribution >= 0.6 is 0 Å². The van der Waals surface area contributed by atoms with Gasteiger partial charge in [0.1, 0.15) is 24.7 Å². The molecule has 29 heavy (non-hydrogen) atoms. The number of carbonyl (C=O) groups excluding carboxylic acids is 1. The van der Waals surface area contributed by atoms with E-state index < -0.39 is 11.9 Å². The number of amides is 1. The Labute approximate surface area is 171 Å². The highest BCUT2D eigenvalue weighted by Crippen LogP contribution is 2.26. The van der Waals surface area contributed by atoms with Gasteiger partial charge in [-0.15, -0.1) is 0 Å². The minimum Gasteiger partial charge on any atom is -0.490 e. The van der Waals surface area contributed by atoms with Gasteiger partial charge in [-0.05, 0) is 35.2 Å². The predicted octanol–water partition coefficient (Wildman–Crippen LogP) is 3.70. The van der Waals surface area contributed by atoms with Gasteiger partial charge in [-0.1, -0.05) is 44.2 Å². The van der Waals surface area contributed by atoms with E-state index in [1.165, 1.54) is 5.56 Å². The number of hydrogen-bond acceptors (Lipinski definition) is 4. The number of ether oxygens (including phenoxy) is 2. The van der Waals surface area contributed by atoms with Crippen molar-refractivity contribution < 1.29 is 24.2 Å². The molecule has 2 aromatic carbocycles. The molecule has 1 saturated heterocycles. The fraction of sp³-hybridized carbons (Fsp3) is 0.391. The first-order valence-electron chi connectivity index (χ1n) is 9.88. The molecular formula is C23H27NO5. The quantitative estimate of drug-likeness (QED) is 0.653. The monoisotopic (exact) mass is 397 g/mol. The van der Waals surface area contributed by atoms with Gasteiger partial charge in [-0.3, -0.25) is 9.59 Å². The number of likely N-dealkylation sites (tertiary alicyclic amines) is 1. The molecule has 0 bridgehead atoms. The van der Waals surface area contributed by atoms with E-state index in [1.807, 2.05) is 42.5 Å². The normalized spacial score (nSPS) is 16.3. The first-order valence-corrected chi connectivity index (χ1v) is 9.88. The van der Waals surface area contributed by atoms with Gasteiger partial charge >= 0.3 is 5.97 Å². The van der Waals surface area contributed by atoms with Gasteiger partial charge in [-0.2, -0.15) is 0 Å². The lowest BCUT2D eigenvalue weighted by atomic mass is 10.0. The van der Waals surface area contributed by atoms with Crippen LogP contribution in [0.2, 0.25) is 0 Å². The van der Waals surface area contributed by atoms with E-state index in [2.05, 4.69) is 19.9 Å². The Morgan fingerprint density at radius 2 is 1.90 bits per heavy atom. The second-order valence-electron chi connectivity index (χ2n) is 7.55. The van der Waals surface area contributed by atoms with Crippen molar-refractivity contribution in [3.63, 3.8) is 0 Å². The molecule has 0 saturated carbocycles. The molecule has 1 N–H and O–H groups in total. The Kier molecular flexibility index (Phi) is 6.75. The summed E-state index contributed by atoms with van der Waals surface area (Å²) in [6.45, 7) is 5.74. The molecule has 1 aliphatic heterocycles. The highest BCUT2D eigenvalue weighted by atomic mass is 16.5. The number of rotatable bonds is 9. The summed E-state index contributed by atoms with van der Waals surface area (Å²) in [6.07, 6.45) is 0.0702. The van der Waals surface area contributed by atoms with E-state index in [9.17, 15) is 9.59 Å². The highest BCUT2D eigenvalue weighted by molar-refractivity contribution is 5.86. The van der Waals surface area contributed by atoms with E-state index in [4.69, 9.17) is 14.6 Å². The molecule has 0 spiro atoms. The fourth-order valence-electron chi connectivity index (χ4n) is 3.44. The summed E-state index contributed by atoms with van der Waals surface area (Å²) >= 11 is 0. The largest absolute Gasteiger partial charge is 0.490 e. The third kappa shape index (κ3) is 5.50. The molecular weight excluding hydrogens is 370 g/mol. The molecule has 0 aromatic heterocycles. The summed E-state index contributed by atoms with van der Waals surface area (Å²) in [7, 11) is 0. The Hall–Kier alpha value is -3.02. The Morgan fingerprint density at radius 3 is 2.62 bits per heavy atom. The maximum absolute atomic E-state index is 12.0. The van der Waals surface area contributed by atoms with Crippen molar-refractivity contribution in [1.82, 2.24) is 4.90 Å². The maximum Gasteiger partial charge on any atom is 0.308 e. The summed E-state index contributed by atoms with van der Waals surface area (Å²) in [5.41, 5.74) is 2.08. The molecule has 2 aromatic rings. The third-order valence-electron chi connectivity index (χ3n) is 4.99. The minimum absolute atomic E-state index is 0.0702. The molecule has 3 rings (SSSR count). The lowest BCUT2D eigenvalue weighted by molar-refractivity contribution is -0.141. The van der Waals surface area contributed by atoms with Crippen LogP contribution in [0.5, 0.6) is 11.5 Å². The topological polar surface area (TPSA) is 76.1 Å². The molecule has 1 atom stereocenters. The molecule has 0 radical (unpaired) electrons. The summed E-state index contributed by atoms with van der Waals surface area (Å²) < 4.78 is 11.7. The number of aliphatic carboxylic acids is 1. The van der Waals surface area contributed by atoms with Crippen LogP contribution in [0.25, 0.3) is 0 Å². The molecule has 1 unspecified atom stereocenters. The van der Waals surface area contributed by atoms with Crippen molar-refractivity contribution >= 4 is 11.9 Å². The number of carboxylic acids is 1. The Balaban J connectivity index is 1.51. The second-order valence-corrected chi connectivity index (χ2v) is 7.55. The molecule has 0 aliphatic carbocycles. The van der Waals surface area contributed by atoms with Crippen LogP contribution in [0, 0.1) is 5.92 Å². The Bertz CT molecular complexity index is 864. The summed E-state index contributed by atoms with van der Waals surface area (Å²) in [6, 6.07) is 15.5. The molecule has 1 aliphatic rings. The number of nitrogens with zero attached hydrogens (tertiary/aromatic N) is 1. The standard InChI is InChI=1S/C23H27NO5/c1-16(2)20-8-3-4-9-21(20)29-11-10-28-19-7-5-6-17(12-19)14-24-15-18(23(26)27)13-22(24)25/h3-9,12,16,18H,10-11,13-15H2,1-2H3,(H,26,27). The second kappa shape index (κ2) is 9.45. The molecule has 1 heterocycles. The molecule has 1 fully saturated rings. The van der Waals surface area contributed by atoms with Crippen LogP contribution in [0.15, 0.2) is 48.5 Å². The zero-order valence-corrected chi connectivity index (χ0v) is 16.8.